The summed E-state index contributed by atoms with van der Waals surface area (Å²) in [6, 6.07) is 15.4. The van der Waals surface area contributed by atoms with Crippen molar-refractivity contribution in [3.05, 3.63) is 59.7 Å². The third-order valence-corrected chi connectivity index (χ3v) is 7.32. The first kappa shape index (κ1) is 24.8. The van der Waals surface area contributed by atoms with Crippen LogP contribution in [0.15, 0.2) is 48.5 Å². The second kappa shape index (κ2) is 11.4. The Labute approximate surface area is 206 Å². The molecule has 2 aliphatic rings. The molecule has 2 aliphatic carbocycles. The fraction of sp³-hybridized carbons (Fsp3) is 0.464. The topological polar surface area (TPSA) is 105 Å². The number of amides is 2. The van der Waals surface area contributed by atoms with Crippen LogP contribution in [0.5, 0.6) is 0 Å². The van der Waals surface area contributed by atoms with Crippen LogP contribution in [-0.4, -0.2) is 42.3 Å². The van der Waals surface area contributed by atoms with E-state index in [0.717, 1.165) is 47.9 Å². The maximum atomic E-state index is 12.9. The van der Waals surface area contributed by atoms with Gasteiger partial charge in [-0.25, -0.2) is 9.59 Å². The Bertz CT molecular complexity index is 1020. The minimum atomic E-state index is -1.05. The number of ether oxygens (including phenoxy) is 1. The smallest absolute Gasteiger partial charge is 0.407 e. The number of aliphatic carboxylic acids is 1. The molecule has 7 nitrogen and oxygen atoms in total. The van der Waals surface area contributed by atoms with E-state index in [1.165, 1.54) is 0 Å². The zero-order chi connectivity index (χ0) is 24.8. The van der Waals surface area contributed by atoms with Gasteiger partial charge in [0.15, 0.2) is 0 Å². The molecular weight excluding hydrogens is 444 g/mol. The van der Waals surface area contributed by atoms with Gasteiger partial charge >= 0.3 is 12.1 Å². The van der Waals surface area contributed by atoms with E-state index in [9.17, 15) is 19.5 Å². The first-order chi connectivity index (χ1) is 17.0. The van der Waals surface area contributed by atoms with Crippen molar-refractivity contribution in [3.8, 4) is 11.1 Å². The lowest BCUT2D eigenvalue weighted by atomic mass is 9.92. The monoisotopic (exact) mass is 478 g/mol. The summed E-state index contributed by atoms with van der Waals surface area (Å²) in [6.07, 6.45) is 4.77. The van der Waals surface area contributed by atoms with Crippen LogP contribution in [0.4, 0.5) is 4.79 Å². The summed E-state index contributed by atoms with van der Waals surface area (Å²) in [4.78, 5) is 36.9. The van der Waals surface area contributed by atoms with Crippen molar-refractivity contribution in [2.45, 2.75) is 57.4 Å². The third-order valence-electron chi connectivity index (χ3n) is 7.32. The molecule has 0 aliphatic heterocycles. The largest absolute Gasteiger partial charge is 0.480 e. The van der Waals surface area contributed by atoms with Crippen LogP contribution >= 0.6 is 0 Å². The molecule has 35 heavy (non-hydrogen) atoms. The minimum Gasteiger partial charge on any atom is -0.480 e. The predicted molar refractivity (Wildman–Crippen MR) is 133 cm³/mol. The SMILES string of the molecule is CC[C@@H](NC(=O)C(CNC(=O)OCC1c2ccccc2-c2ccccc21)CC1CCCC1)C(=O)O. The highest BCUT2D eigenvalue weighted by Gasteiger charge is 2.30. The van der Waals surface area contributed by atoms with E-state index in [-0.39, 0.29) is 25.0 Å². The van der Waals surface area contributed by atoms with Crippen LogP contribution in [0.2, 0.25) is 0 Å². The Hall–Kier alpha value is -3.35. The van der Waals surface area contributed by atoms with Crippen LogP contribution < -0.4 is 10.6 Å². The fourth-order valence-corrected chi connectivity index (χ4v) is 5.42. The number of hydrogen-bond donors (Lipinski definition) is 3. The van der Waals surface area contributed by atoms with Gasteiger partial charge in [0, 0.05) is 12.5 Å². The van der Waals surface area contributed by atoms with E-state index in [0.29, 0.717) is 18.8 Å². The van der Waals surface area contributed by atoms with Gasteiger partial charge in [-0.2, -0.15) is 0 Å². The predicted octanol–water partition coefficient (Wildman–Crippen LogP) is 4.70. The van der Waals surface area contributed by atoms with Crippen molar-refractivity contribution in [1.29, 1.82) is 0 Å². The van der Waals surface area contributed by atoms with Crippen LogP contribution in [0, 0.1) is 11.8 Å². The van der Waals surface area contributed by atoms with Gasteiger partial charge < -0.3 is 20.5 Å². The lowest BCUT2D eigenvalue weighted by Crippen LogP contribution is -2.46. The van der Waals surface area contributed by atoms with Gasteiger partial charge in [-0.05, 0) is 41.0 Å². The summed E-state index contributed by atoms with van der Waals surface area (Å²) in [5.74, 6) is -1.49. The number of nitrogens with one attached hydrogen (secondary N) is 2. The number of carbonyl (C=O) groups excluding carboxylic acids is 2. The van der Waals surface area contributed by atoms with E-state index in [1.54, 1.807) is 6.92 Å². The Kier molecular flexibility index (Phi) is 8.06. The average molecular weight is 479 g/mol. The molecule has 0 heterocycles. The molecule has 1 saturated carbocycles. The van der Waals surface area contributed by atoms with Crippen molar-refractivity contribution in [3.63, 3.8) is 0 Å². The second-order valence-corrected chi connectivity index (χ2v) is 9.60. The Morgan fingerprint density at radius 1 is 1.00 bits per heavy atom. The highest BCUT2D eigenvalue weighted by Crippen LogP contribution is 2.44. The lowest BCUT2D eigenvalue weighted by Gasteiger charge is -2.23. The molecule has 2 aromatic rings. The van der Waals surface area contributed by atoms with Crippen LogP contribution in [0.1, 0.15) is 62.5 Å². The highest BCUT2D eigenvalue weighted by molar-refractivity contribution is 5.85. The summed E-state index contributed by atoms with van der Waals surface area (Å²) < 4.78 is 5.60. The molecule has 0 spiro atoms. The molecule has 2 amide bonds. The number of alkyl carbamates (subject to hydrolysis) is 1. The van der Waals surface area contributed by atoms with Crippen molar-refractivity contribution >= 4 is 18.0 Å². The van der Waals surface area contributed by atoms with E-state index < -0.39 is 24.0 Å². The van der Waals surface area contributed by atoms with Gasteiger partial charge in [0.05, 0.1) is 5.92 Å². The summed E-state index contributed by atoms with van der Waals surface area (Å²) in [5.41, 5.74) is 4.60. The van der Waals surface area contributed by atoms with Crippen molar-refractivity contribution in [1.82, 2.24) is 10.6 Å². The van der Waals surface area contributed by atoms with Crippen molar-refractivity contribution in [2.75, 3.05) is 13.2 Å². The van der Waals surface area contributed by atoms with Crippen LogP contribution in [-0.2, 0) is 14.3 Å². The number of benzene rings is 2. The Morgan fingerprint density at radius 2 is 1.60 bits per heavy atom. The molecule has 3 N–H and O–H groups in total. The molecular formula is C28H34N2O5. The lowest BCUT2D eigenvalue weighted by molar-refractivity contribution is -0.142. The van der Waals surface area contributed by atoms with Gasteiger partial charge in [0.1, 0.15) is 12.6 Å². The van der Waals surface area contributed by atoms with Gasteiger partial charge in [0.25, 0.3) is 0 Å². The maximum Gasteiger partial charge on any atom is 0.407 e. The number of carboxylic acid groups (broad SMARTS) is 1. The summed E-state index contributed by atoms with van der Waals surface area (Å²) in [6.45, 7) is 2.05. The normalized spacial score (nSPS) is 16.7. The third kappa shape index (κ3) is 5.84. The first-order valence-electron chi connectivity index (χ1n) is 12.6. The molecule has 0 bridgehead atoms. The number of fused-ring (bicyclic) bond motifs is 3. The second-order valence-electron chi connectivity index (χ2n) is 9.60. The molecule has 0 radical (unpaired) electrons. The molecule has 1 unspecified atom stereocenters. The number of rotatable bonds is 10. The molecule has 186 valence electrons. The molecule has 0 saturated heterocycles. The Balaban J connectivity index is 1.36. The van der Waals surface area contributed by atoms with Crippen molar-refractivity contribution < 1.29 is 24.2 Å². The zero-order valence-corrected chi connectivity index (χ0v) is 20.2. The van der Waals surface area contributed by atoms with Crippen molar-refractivity contribution in [2.24, 2.45) is 11.8 Å². The zero-order valence-electron chi connectivity index (χ0n) is 20.2. The molecule has 0 aromatic heterocycles. The van der Waals surface area contributed by atoms with Gasteiger partial charge in [-0.3, -0.25) is 4.79 Å². The summed E-state index contributed by atoms with van der Waals surface area (Å²) >= 11 is 0. The van der Waals surface area contributed by atoms with Crippen LogP contribution in [0.25, 0.3) is 11.1 Å². The Morgan fingerprint density at radius 3 is 2.17 bits per heavy atom. The fourth-order valence-electron chi connectivity index (χ4n) is 5.42. The number of carbonyl (C=O) groups is 3. The summed E-state index contributed by atoms with van der Waals surface area (Å²) in [5, 5.41) is 14.7. The van der Waals surface area contributed by atoms with E-state index >= 15 is 0 Å². The first-order valence-corrected chi connectivity index (χ1v) is 12.6. The van der Waals surface area contributed by atoms with E-state index in [4.69, 9.17) is 4.74 Å². The number of hydrogen-bond acceptors (Lipinski definition) is 4. The van der Waals surface area contributed by atoms with Gasteiger partial charge in [-0.15, -0.1) is 0 Å². The summed E-state index contributed by atoms with van der Waals surface area (Å²) in [7, 11) is 0. The minimum absolute atomic E-state index is 0.0355. The van der Waals surface area contributed by atoms with Gasteiger partial charge in [0.2, 0.25) is 5.91 Å². The standard InChI is InChI=1S/C28H34N2O5/c1-2-25(27(32)33)30-26(31)19(15-18-9-3-4-10-18)16-29-28(34)35-17-24-22-13-7-5-11-20(22)21-12-6-8-14-23(21)24/h5-8,11-14,18-19,24-25H,2-4,9-10,15-17H2,1H3,(H,29,34)(H,30,31)(H,32,33)/t19?,25-/m1/s1. The van der Waals surface area contributed by atoms with E-state index in [1.807, 2.05) is 24.3 Å². The van der Waals surface area contributed by atoms with Crippen LogP contribution in [0.3, 0.4) is 0 Å². The number of carboxylic acids is 1. The molecule has 4 rings (SSSR count). The molecule has 1 fully saturated rings. The molecule has 7 heteroatoms. The molecule has 2 aromatic carbocycles. The maximum absolute atomic E-state index is 12.9. The highest BCUT2D eigenvalue weighted by atomic mass is 16.5. The average Bonchev–Trinajstić information content (AvgIpc) is 3.49. The molecule has 2 atom stereocenters. The van der Waals surface area contributed by atoms with Gasteiger partial charge in [-0.1, -0.05) is 81.1 Å². The van der Waals surface area contributed by atoms with E-state index in [2.05, 4.69) is 34.9 Å². The quantitative estimate of drug-likeness (QED) is 0.459.